The Hall–Kier alpha value is -6.64. The Bertz CT molecular complexity index is 2270. The van der Waals surface area contributed by atoms with Crippen LogP contribution >= 0.6 is 0 Å². The van der Waals surface area contributed by atoms with E-state index in [0.717, 1.165) is 13.1 Å². The normalized spacial score (nSPS) is 11.2. The number of hydrogen-bond acceptors (Lipinski definition) is 2. The number of rotatable bonds is 13. The molecule has 0 bridgehead atoms. The molecule has 0 N–H and O–H groups in total. The molecule has 58 heavy (non-hydrogen) atoms. The average molecular weight is 753 g/mol. The van der Waals surface area contributed by atoms with Gasteiger partial charge in [-0.25, -0.2) is 0 Å². The van der Waals surface area contributed by atoms with Gasteiger partial charge in [0, 0.05) is 47.7 Å². The van der Waals surface area contributed by atoms with E-state index in [0.29, 0.717) is 0 Å². The Morgan fingerprint density at radius 3 is 0.897 bits per heavy atom. The molecule has 8 aromatic carbocycles. The largest absolute Gasteiger partial charge is 0.340 e. The molecule has 0 radical (unpaired) electrons. The molecule has 0 saturated heterocycles. The molecule has 0 spiro atoms. The molecule has 8 aromatic rings. The van der Waals surface area contributed by atoms with Gasteiger partial charge in [0.2, 0.25) is 0 Å². The molecule has 2 nitrogen and oxygen atoms in total. The summed E-state index contributed by atoms with van der Waals surface area (Å²) >= 11 is 0. The summed E-state index contributed by atoms with van der Waals surface area (Å²) in [6.07, 6.45) is 0. The summed E-state index contributed by atoms with van der Waals surface area (Å²) in [5.74, 6) is 0.387. The first kappa shape index (κ1) is 38.2. The Balaban J connectivity index is 1.13. The zero-order valence-electron chi connectivity index (χ0n) is 34.1. The van der Waals surface area contributed by atoms with Crippen LogP contribution in [0.5, 0.6) is 0 Å². The Morgan fingerprint density at radius 2 is 0.621 bits per heavy atom. The van der Waals surface area contributed by atoms with E-state index in [1.54, 1.807) is 0 Å². The van der Waals surface area contributed by atoms with Crippen LogP contribution in [0, 0.1) is 27.7 Å². The fourth-order valence-corrected chi connectivity index (χ4v) is 8.48. The van der Waals surface area contributed by atoms with Gasteiger partial charge >= 0.3 is 0 Å². The number of anilines is 4. The highest BCUT2D eigenvalue weighted by molar-refractivity contribution is 5.75. The Kier molecular flexibility index (Phi) is 11.6. The van der Waals surface area contributed by atoms with Crippen LogP contribution in [0.1, 0.15) is 56.3 Å². The maximum atomic E-state index is 2.50. The molecular formula is C56H52N2. The van der Waals surface area contributed by atoms with Gasteiger partial charge in [-0.05, 0) is 109 Å². The van der Waals surface area contributed by atoms with Gasteiger partial charge in [-0.1, -0.05) is 181 Å². The van der Waals surface area contributed by atoms with Crippen molar-refractivity contribution in [3.8, 4) is 11.1 Å². The molecule has 0 aromatic heterocycles. The molecule has 0 unspecified atom stereocenters. The van der Waals surface area contributed by atoms with Crippen LogP contribution in [0.25, 0.3) is 11.1 Å². The van der Waals surface area contributed by atoms with Crippen LogP contribution < -0.4 is 9.80 Å². The summed E-state index contributed by atoms with van der Waals surface area (Å²) in [7, 11) is 0. The van der Waals surface area contributed by atoms with Gasteiger partial charge in [0.1, 0.15) is 0 Å². The molecule has 0 aliphatic heterocycles. The highest BCUT2D eigenvalue weighted by Gasteiger charge is 2.23. The Morgan fingerprint density at radius 1 is 0.328 bits per heavy atom. The lowest BCUT2D eigenvalue weighted by molar-refractivity contribution is 0.791. The van der Waals surface area contributed by atoms with E-state index in [2.05, 4.69) is 244 Å². The van der Waals surface area contributed by atoms with Crippen LogP contribution in [0.3, 0.4) is 0 Å². The van der Waals surface area contributed by atoms with Gasteiger partial charge in [-0.2, -0.15) is 0 Å². The number of benzene rings is 8. The Labute approximate surface area is 345 Å². The summed E-state index contributed by atoms with van der Waals surface area (Å²) in [6, 6.07) is 75.6. The van der Waals surface area contributed by atoms with Gasteiger partial charge in [0.05, 0.1) is 0 Å². The molecule has 286 valence electrons. The molecule has 8 rings (SSSR count). The monoisotopic (exact) mass is 752 g/mol. The quantitative estimate of drug-likeness (QED) is 0.116. The molecular weight excluding hydrogens is 701 g/mol. The molecule has 0 amide bonds. The van der Waals surface area contributed by atoms with Crippen molar-refractivity contribution >= 4 is 22.7 Å². The first-order valence-corrected chi connectivity index (χ1v) is 20.5. The second kappa shape index (κ2) is 17.7. The van der Waals surface area contributed by atoms with Crippen molar-refractivity contribution in [3.63, 3.8) is 0 Å². The topological polar surface area (TPSA) is 6.48 Å². The third-order valence-corrected chi connectivity index (χ3v) is 11.5. The predicted octanol–water partition coefficient (Wildman–Crippen LogP) is 14.5. The average Bonchev–Trinajstić information content (AvgIpc) is 3.27. The molecule has 0 aliphatic carbocycles. The number of aryl methyl sites for hydroxylation is 4. The third kappa shape index (κ3) is 8.67. The SMILES string of the molecule is Cc1ccc(N(CC(c2ccccc2)c2ccccc2)c2ccc(-c3ccc(N(CC(c4ccccc4)c4ccccc4)c4ccc(C)cc4C)cc3)cc2)c(C)c1. The van der Waals surface area contributed by atoms with Crippen molar-refractivity contribution in [2.24, 2.45) is 0 Å². The van der Waals surface area contributed by atoms with Crippen LogP contribution in [0.15, 0.2) is 206 Å². The lowest BCUT2D eigenvalue weighted by Crippen LogP contribution is -2.25. The maximum Gasteiger partial charge on any atom is 0.0440 e. The minimum Gasteiger partial charge on any atom is -0.340 e. The highest BCUT2D eigenvalue weighted by atomic mass is 15.1. The first-order valence-electron chi connectivity index (χ1n) is 20.5. The highest BCUT2D eigenvalue weighted by Crippen LogP contribution is 2.38. The zero-order chi connectivity index (χ0) is 39.8. The minimum absolute atomic E-state index is 0.193. The van der Waals surface area contributed by atoms with E-state index in [1.807, 2.05) is 0 Å². The predicted molar refractivity (Wildman–Crippen MR) is 247 cm³/mol. The lowest BCUT2D eigenvalue weighted by Gasteiger charge is -2.32. The van der Waals surface area contributed by atoms with E-state index < -0.39 is 0 Å². The molecule has 0 fully saturated rings. The fourth-order valence-electron chi connectivity index (χ4n) is 8.48. The zero-order valence-corrected chi connectivity index (χ0v) is 34.1. The number of nitrogens with zero attached hydrogens (tertiary/aromatic N) is 2. The first-order chi connectivity index (χ1) is 28.4. The lowest BCUT2D eigenvalue weighted by atomic mass is 9.90. The van der Waals surface area contributed by atoms with Crippen LogP contribution in [0.4, 0.5) is 22.7 Å². The maximum absolute atomic E-state index is 2.50. The molecule has 0 heterocycles. The van der Waals surface area contributed by atoms with E-state index in [-0.39, 0.29) is 11.8 Å². The van der Waals surface area contributed by atoms with E-state index >= 15 is 0 Å². The summed E-state index contributed by atoms with van der Waals surface area (Å²) in [6.45, 7) is 10.4. The fraction of sp³-hybridized carbons (Fsp3) is 0.143. The van der Waals surface area contributed by atoms with Crippen LogP contribution in [0.2, 0.25) is 0 Å². The molecule has 0 aliphatic rings. The van der Waals surface area contributed by atoms with E-state index in [1.165, 1.54) is 78.4 Å². The van der Waals surface area contributed by atoms with Crippen molar-refractivity contribution in [2.45, 2.75) is 39.5 Å². The van der Waals surface area contributed by atoms with Gasteiger partial charge in [-0.3, -0.25) is 0 Å². The van der Waals surface area contributed by atoms with Gasteiger partial charge in [0.25, 0.3) is 0 Å². The van der Waals surface area contributed by atoms with Crippen molar-refractivity contribution in [3.05, 3.63) is 251 Å². The van der Waals surface area contributed by atoms with Crippen LogP contribution in [-0.2, 0) is 0 Å². The smallest absolute Gasteiger partial charge is 0.0440 e. The van der Waals surface area contributed by atoms with Crippen molar-refractivity contribution in [1.82, 2.24) is 0 Å². The standard InChI is InChI=1S/C56H52N2/c1-41-25-35-55(43(3)37-41)57(39-53(47-17-9-5-10-18-47)48-19-11-6-12-20-48)51-31-27-45(28-32-51)46-29-33-52(34-30-46)58(56-36-26-42(2)38-44(56)4)40-54(49-21-13-7-14-22-49)50-23-15-8-16-24-50/h5-38,53-54H,39-40H2,1-4H3. The minimum atomic E-state index is 0.193. The summed E-state index contributed by atoms with van der Waals surface area (Å²) in [5.41, 5.74) is 17.6. The van der Waals surface area contributed by atoms with Gasteiger partial charge < -0.3 is 9.80 Å². The van der Waals surface area contributed by atoms with E-state index in [9.17, 15) is 0 Å². The van der Waals surface area contributed by atoms with E-state index in [4.69, 9.17) is 0 Å². The van der Waals surface area contributed by atoms with Gasteiger partial charge in [0.15, 0.2) is 0 Å². The molecule has 2 heteroatoms. The third-order valence-electron chi connectivity index (χ3n) is 11.5. The van der Waals surface area contributed by atoms with Gasteiger partial charge in [-0.15, -0.1) is 0 Å². The number of hydrogen-bond donors (Lipinski definition) is 0. The summed E-state index contributed by atoms with van der Waals surface area (Å²) < 4.78 is 0. The van der Waals surface area contributed by atoms with Crippen molar-refractivity contribution in [1.29, 1.82) is 0 Å². The molecule has 0 atom stereocenters. The van der Waals surface area contributed by atoms with Crippen molar-refractivity contribution in [2.75, 3.05) is 22.9 Å². The second-order valence-corrected chi connectivity index (χ2v) is 15.6. The van der Waals surface area contributed by atoms with Crippen LogP contribution in [-0.4, -0.2) is 13.1 Å². The summed E-state index contributed by atoms with van der Waals surface area (Å²) in [4.78, 5) is 5.01. The second-order valence-electron chi connectivity index (χ2n) is 15.6. The molecule has 0 saturated carbocycles. The van der Waals surface area contributed by atoms with Crippen molar-refractivity contribution < 1.29 is 0 Å². The summed E-state index contributed by atoms with van der Waals surface area (Å²) in [5, 5.41) is 0.